The largest absolute Gasteiger partial charge is 0.316 e. The van der Waals surface area contributed by atoms with Crippen molar-refractivity contribution in [3.63, 3.8) is 0 Å². The number of nitrogens with zero attached hydrogens (tertiary/aromatic N) is 1. The van der Waals surface area contributed by atoms with Crippen molar-refractivity contribution in [2.24, 2.45) is 0 Å². The Morgan fingerprint density at radius 1 is 1.53 bits per heavy atom. The Morgan fingerprint density at radius 2 is 2.24 bits per heavy atom. The van der Waals surface area contributed by atoms with Gasteiger partial charge >= 0.3 is 0 Å². The Balaban J connectivity index is 2.80. The van der Waals surface area contributed by atoms with E-state index in [2.05, 4.69) is 36.1 Å². The molecule has 0 bridgehead atoms. The van der Waals surface area contributed by atoms with Crippen LogP contribution in [0.25, 0.3) is 0 Å². The lowest BCUT2D eigenvalue weighted by Gasteiger charge is -2.17. The molecule has 5 heteroatoms. The third kappa shape index (κ3) is 4.52. The van der Waals surface area contributed by atoms with Gasteiger partial charge in [0.1, 0.15) is 0 Å². The minimum absolute atomic E-state index is 0.0599. The molecule has 1 heterocycles. The molecule has 0 radical (unpaired) electrons. The van der Waals surface area contributed by atoms with E-state index in [0.717, 1.165) is 23.7 Å². The molecule has 0 aromatic carbocycles. The number of hydrogen-bond donors (Lipinski definition) is 2. The number of hydrogen-bond acceptors (Lipinski definition) is 4. The lowest BCUT2D eigenvalue weighted by Crippen LogP contribution is -2.30. The summed E-state index contributed by atoms with van der Waals surface area (Å²) in [6.07, 6.45) is 1.86. The smallest absolute Gasteiger partial charge is 0.251 e. The van der Waals surface area contributed by atoms with Gasteiger partial charge in [-0.25, -0.2) is 4.98 Å². The second kappa shape index (κ2) is 6.81. The number of thioether (sulfide) groups is 1. The van der Waals surface area contributed by atoms with Gasteiger partial charge in [-0.2, -0.15) is 0 Å². The highest BCUT2D eigenvalue weighted by Crippen LogP contribution is 2.20. The number of nitrogens with one attached hydrogen (secondary N) is 2. The Hall–Kier alpha value is -0.810. The van der Waals surface area contributed by atoms with Gasteiger partial charge in [0.05, 0.1) is 0 Å². The molecule has 1 aromatic heterocycles. The first kappa shape index (κ1) is 14.3. The molecule has 1 aromatic rings. The summed E-state index contributed by atoms with van der Waals surface area (Å²) in [5.41, 5.74) is 0.818. The van der Waals surface area contributed by atoms with Crippen molar-refractivity contribution >= 4 is 11.8 Å². The van der Waals surface area contributed by atoms with Gasteiger partial charge in [-0.05, 0) is 20.4 Å². The molecule has 0 aliphatic rings. The summed E-state index contributed by atoms with van der Waals surface area (Å²) < 4.78 is 0. The number of aromatic amines is 1. The van der Waals surface area contributed by atoms with Crippen molar-refractivity contribution in [3.8, 4) is 0 Å². The zero-order valence-electron chi connectivity index (χ0n) is 10.9. The van der Waals surface area contributed by atoms with Gasteiger partial charge in [0.2, 0.25) is 0 Å². The molecule has 17 heavy (non-hydrogen) atoms. The number of H-pyrrole nitrogens is 1. The van der Waals surface area contributed by atoms with Crippen LogP contribution in [-0.2, 0) is 6.42 Å². The van der Waals surface area contributed by atoms with Gasteiger partial charge < -0.3 is 10.3 Å². The maximum absolute atomic E-state index is 11.5. The van der Waals surface area contributed by atoms with Crippen molar-refractivity contribution in [1.82, 2.24) is 15.3 Å². The fourth-order valence-electron chi connectivity index (χ4n) is 1.44. The normalized spacial score (nSPS) is 14.6. The molecule has 96 valence electrons. The highest BCUT2D eigenvalue weighted by molar-refractivity contribution is 7.99. The third-order valence-electron chi connectivity index (χ3n) is 2.74. The lowest BCUT2D eigenvalue weighted by atomic mass is 10.2. The zero-order valence-corrected chi connectivity index (χ0v) is 11.7. The maximum atomic E-state index is 11.5. The molecule has 1 rings (SSSR count). The second-order valence-electron chi connectivity index (χ2n) is 4.19. The lowest BCUT2D eigenvalue weighted by molar-refractivity contribution is 0.604. The predicted octanol–water partition coefficient (Wildman–Crippen LogP) is 1.81. The van der Waals surface area contributed by atoms with E-state index in [0.29, 0.717) is 11.3 Å². The quantitative estimate of drug-likeness (QED) is 0.601. The highest BCUT2D eigenvalue weighted by atomic mass is 32.2. The van der Waals surface area contributed by atoms with Crippen LogP contribution in [-0.4, -0.2) is 28.3 Å². The average Bonchev–Trinajstić information content (AvgIpc) is 2.27. The summed E-state index contributed by atoms with van der Waals surface area (Å²) in [6, 6.07) is 1.96. The van der Waals surface area contributed by atoms with E-state index in [-0.39, 0.29) is 5.56 Å². The van der Waals surface area contributed by atoms with Crippen LogP contribution in [0, 0.1) is 0 Å². The van der Waals surface area contributed by atoms with Crippen LogP contribution in [0.15, 0.2) is 16.0 Å². The topological polar surface area (TPSA) is 57.8 Å². The summed E-state index contributed by atoms with van der Waals surface area (Å²) in [5, 5.41) is 4.28. The van der Waals surface area contributed by atoms with Crippen molar-refractivity contribution in [2.75, 3.05) is 7.05 Å². The fourth-order valence-corrected chi connectivity index (χ4v) is 2.46. The molecular formula is C12H21N3OS. The number of rotatable bonds is 6. The van der Waals surface area contributed by atoms with Gasteiger partial charge in [-0.15, -0.1) is 0 Å². The number of aromatic nitrogens is 2. The maximum Gasteiger partial charge on any atom is 0.251 e. The molecule has 0 aliphatic carbocycles. The minimum Gasteiger partial charge on any atom is -0.316 e. The Kier molecular flexibility index (Phi) is 5.71. The summed E-state index contributed by atoms with van der Waals surface area (Å²) in [6.45, 7) is 6.32. The first-order chi connectivity index (χ1) is 8.06. The van der Waals surface area contributed by atoms with Gasteiger partial charge in [0, 0.05) is 23.1 Å². The molecule has 4 nitrogen and oxygen atoms in total. The second-order valence-corrected chi connectivity index (χ2v) is 5.56. The van der Waals surface area contributed by atoms with E-state index >= 15 is 0 Å². The Bertz CT molecular complexity index is 405. The van der Waals surface area contributed by atoms with Crippen LogP contribution >= 0.6 is 11.8 Å². The van der Waals surface area contributed by atoms with E-state index in [4.69, 9.17) is 0 Å². The highest BCUT2D eigenvalue weighted by Gasteiger charge is 2.13. The van der Waals surface area contributed by atoms with Gasteiger partial charge in [-0.3, -0.25) is 4.79 Å². The standard InChI is InChI=1S/C12H21N3OS/c1-5-6-10-7-11(16)15-12(14-10)17-9(3)8(2)13-4/h7-9,13H,5-6H2,1-4H3,(H,14,15,16). The summed E-state index contributed by atoms with van der Waals surface area (Å²) in [5.74, 6) is 0. The Labute approximate surface area is 107 Å². The molecule has 2 N–H and O–H groups in total. The van der Waals surface area contributed by atoms with Crippen LogP contribution in [0.2, 0.25) is 0 Å². The summed E-state index contributed by atoms with van der Waals surface area (Å²) in [7, 11) is 1.94. The first-order valence-electron chi connectivity index (χ1n) is 6.01. The summed E-state index contributed by atoms with van der Waals surface area (Å²) in [4.78, 5) is 18.7. The zero-order chi connectivity index (χ0) is 12.8. The molecule has 2 atom stereocenters. The van der Waals surface area contributed by atoms with E-state index in [9.17, 15) is 4.79 Å². The molecule has 2 unspecified atom stereocenters. The van der Waals surface area contributed by atoms with Crippen molar-refractivity contribution in [3.05, 3.63) is 22.1 Å². The van der Waals surface area contributed by atoms with Crippen molar-refractivity contribution in [2.45, 2.75) is 50.1 Å². The van der Waals surface area contributed by atoms with Crippen molar-refractivity contribution < 1.29 is 0 Å². The molecule has 0 saturated carbocycles. The first-order valence-corrected chi connectivity index (χ1v) is 6.89. The van der Waals surface area contributed by atoms with E-state index < -0.39 is 0 Å². The van der Waals surface area contributed by atoms with Crippen molar-refractivity contribution in [1.29, 1.82) is 0 Å². The van der Waals surface area contributed by atoms with Crippen LogP contribution in [0.4, 0.5) is 0 Å². The molecule has 0 fully saturated rings. The third-order valence-corrected chi connectivity index (χ3v) is 3.93. The molecule has 0 aliphatic heterocycles. The van der Waals surface area contributed by atoms with Crippen LogP contribution in [0.3, 0.4) is 0 Å². The monoisotopic (exact) mass is 255 g/mol. The van der Waals surface area contributed by atoms with Crippen LogP contribution in [0.5, 0.6) is 0 Å². The van der Waals surface area contributed by atoms with Gasteiger partial charge in [0.15, 0.2) is 5.16 Å². The van der Waals surface area contributed by atoms with Gasteiger partial charge in [-0.1, -0.05) is 32.0 Å². The average molecular weight is 255 g/mol. The fraction of sp³-hybridized carbons (Fsp3) is 0.667. The van der Waals surface area contributed by atoms with Gasteiger partial charge in [0.25, 0.3) is 5.56 Å². The Morgan fingerprint density at radius 3 is 2.82 bits per heavy atom. The van der Waals surface area contributed by atoms with E-state index in [1.54, 1.807) is 17.8 Å². The molecule has 0 saturated heterocycles. The molecular weight excluding hydrogens is 234 g/mol. The SMILES string of the molecule is CCCc1cc(=O)[nH]c(SC(C)C(C)NC)n1. The summed E-state index contributed by atoms with van der Waals surface area (Å²) >= 11 is 1.60. The number of aryl methyl sites for hydroxylation is 1. The molecule has 0 amide bonds. The van der Waals surface area contributed by atoms with Crippen LogP contribution < -0.4 is 10.9 Å². The predicted molar refractivity (Wildman–Crippen MR) is 72.7 cm³/mol. The van der Waals surface area contributed by atoms with E-state index in [1.807, 2.05) is 7.05 Å². The van der Waals surface area contributed by atoms with Crippen LogP contribution in [0.1, 0.15) is 32.9 Å². The minimum atomic E-state index is -0.0599. The molecule has 0 spiro atoms. The van der Waals surface area contributed by atoms with E-state index in [1.165, 1.54) is 0 Å².